The van der Waals surface area contributed by atoms with E-state index in [2.05, 4.69) is 23.7 Å². The zero-order valence-corrected chi connectivity index (χ0v) is 18.0. The topological polar surface area (TPSA) is 65.6 Å². The third kappa shape index (κ3) is 5.26. The predicted molar refractivity (Wildman–Crippen MR) is 115 cm³/mol. The van der Waals surface area contributed by atoms with Crippen LogP contribution >= 0.6 is 0 Å². The Morgan fingerprint density at radius 2 is 1.86 bits per heavy atom. The van der Waals surface area contributed by atoms with Crippen LogP contribution in [0.2, 0.25) is 0 Å². The summed E-state index contributed by atoms with van der Waals surface area (Å²) in [5.41, 5.74) is 1.78. The maximum absolute atomic E-state index is 12.7. The average molecular weight is 398 g/mol. The highest BCUT2D eigenvalue weighted by atomic mass is 16.6. The van der Waals surface area contributed by atoms with E-state index in [9.17, 15) is 9.59 Å². The zero-order chi connectivity index (χ0) is 21.2. The molecule has 0 aliphatic carbocycles. The predicted octanol–water partition coefficient (Wildman–Crippen LogP) is 3.87. The van der Waals surface area contributed by atoms with Crippen LogP contribution in [0.25, 0.3) is 11.3 Å². The Morgan fingerprint density at radius 3 is 2.45 bits per heavy atom. The van der Waals surface area contributed by atoms with Crippen molar-refractivity contribution in [1.29, 1.82) is 0 Å². The molecular formula is C23H31N3O3. The van der Waals surface area contributed by atoms with Gasteiger partial charge in [0.1, 0.15) is 5.60 Å². The van der Waals surface area contributed by atoms with E-state index in [1.54, 1.807) is 17.2 Å². The highest BCUT2D eigenvalue weighted by molar-refractivity contribution is 5.68. The smallest absolute Gasteiger partial charge is 0.410 e. The van der Waals surface area contributed by atoms with Crippen molar-refractivity contribution in [3.05, 3.63) is 58.4 Å². The van der Waals surface area contributed by atoms with E-state index in [4.69, 9.17) is 4.74 Å². The second-order valence-electron chi connectivity index (χ2n) is 9.24. The number of pyridine rings is 1. The second-order valence-corrected chi connectivity index (χ2v) is 9.24. The molecule has 0 spiro atoms. The number of carbonyl (C=O) groups is 1. The number of benzene rings is 1. The van der Waals surface area contributed by atoms with E-state index in [1.165, 1.54) is 0 Å². The van der Waals surface area contributed by atoms with Gasteiger partial charge in [0.25, 0.3) is 0 Å². The van der Waals surface area contributed by atoms with Crippen molar-refractivity contribution < 1.29 is 9.53 Å². The van der Waals surface area contributed by atoms with Gasteiger partial charge in [0, 0.05) is 55.2 Å². The molecule has 0 unspecified atom stereocenters. The number of H-pyrrole nitrogens is 1. The average Bonchev–Trinajstić information content (AvgIpc) is 2.63. The third-order valence-corrected chi connectivity index (χ3v) is 5.17. The standard InChI is InChI=1S/C23H31N3O3/c1-22(2,3)29-21(28)25-11-12-26(23(4,5)16-25)15-18-14-24-19(13-20(18)27)17-9-7-6-8-10-17/h6-10,13-14H,11-12,15-16H2,1-5H3,(H,24,27). The van der Waals surface area contributed by atoms with Crippen molar-refractivity contribution in [3.63, 3.8) is 0 Å². The molecule has 1 aromatic carbocycles. The number of hydrogen-bond donors (Lipinski definition) is 1. The summed E-state index contributed by atoms with van der Waals surface area (Å²) in [6.07, 6.45) is 1.52. The van der Waals surface area contributed by atoms with E-state index in [1.807, 2.05) is 51.1 Å². The molecule has 0 saturated carbocycles. The van der Waals surface area contributed by atoms with Gasteiger partial charge in [-0.25, -0.2) is 4.79 Å². The molecule has 156 valence electrons. The Bertz CT molecular complexity index is 913. The molecule has 1 aliphatic rings. The van der Waals surface area contributed by atoms with Gasteiger partial charge in [0.15, 0.2) is 5.43 Å². The Morgan fingerprint density at radius 1 is 1.17 bits per heavy atom. The number of aromatic nitrogens is 1. The largest absolute Gasteiger partial charge is 0.444 e. The van der Waals surface area contributed by atoms with Gasteiger partial charge >= 0.3 is 6.09 Å². The molecule has 6 heteroatoms. The normalized spacial score (nSPS) is 17.2. The van der Waals surface area contributed by atoms with Gasteiger partial charge in [-0.15, -0.1) is 0 Å². The Kier molecular flexibility index (Phi) is 5.85. The molecule has 0 atom stereocenters. The van der Waals surface area contributed by atoms with Crippen LogP contribution in [0.5, 0.6) is 0 Å². The maximum atomic E-state index is 12.7. The summed E-state index contributed by atoms with van der Waals surface area (Å²) >= 11 is 0. The van der Waals surface area contributed by atoms with Gasteiger partial charge in [-0.3, -0.25) is 9.69 Å². The van der Waals surface area contributed by atoms with Crippen molar-refractivity contribution in [2.75, 3.05) is 19.6 Å². The van der Waals surface area contributed by atoms with Crippen molar-refractivity contribution in [2.24, 2.45) is 0 Å². The molecular weight excluding hydrogens is 366 g/mol. The van der Waals surface area contributed by atoms with E-state index in [0.29, 0.717) is 26.2 Å². The van der Waals surface area contributed by atoms with Gasteiger partial charge in [-0.05, 0) is 40.2 Å². The van der Waals surface area contributed by atoms with Gasteiger partial charge < -0.3 is 14.6 Å². The maximum Gasteiger partial charge on any atom is 0.410 e. The molecule has 1 N–H and O–H groups in total. The van der Waals surface area contributed by atoms with Gasteiger partial charge in [-0.2, -0.15) is 0 Å². The quantitative estimate of drug-likeness (QED) is 0.854. The molecule has 2 aromatic rings. The monoisotopic (exact) mass is 397 g/mol. The van der Waals surface area contributed by atoms with E-state index < -0.39 is 5.60 Å². The number of hydrogen-bond acceptors (Lipinski definition) is 4. The van der Waals surface area contributed by atoms with Gasteiger partial charge in [0.2, 0.25) is 0 Å². The first-order chi connectivity index (χ1) is 13.5. The number of carbonyl (C=O) groups excluding carboxylic acids is 1. The van der Waals surface area contributed by atoms with Gasteiger partial charge in [-0.1, -0.05) is 30.3 Å². The lowest BCUT2D eigenvalue weighted by Crippen LogP contribution is -2.60. The van der Waals surface area contributed by atoms with Crippen LogP contribution in [-0.4, -0.2) is 51.7 Å². The fourth-order valence-corrected chi connectivity index (χ4v) is 3.58. The highest BCUT2D eigenvalue weighted by Crippen LogP contribution is 2.24. The van der Waals surface area contributed by atoms with Gasteiger partial charge in [0.05, 0.1) is 0 Å². The van der Waals surface area contributed by atoms with E-state index in [-0.39, 0.29) is 17.1 Å². The molecule has 1 aliphatic heterocycles. The number of nitrogens with one attached hydrogen (secondary N) is 1. The summed E-state index contributed by atoms with van der Waals surface area (Å²) in [7, 11) is 0. The molecule has 1 aromatic heterocycles. The summed E-state index contributed by atoms with van der Waals surface area (Å²) in [5, 5.41) is 0. The van der Waals surface area contributed by atoms with Crippen molar-refractivity contribution in [2.45, 2.75) is 52.3 Å². The fourth-order valence-electron chi connectivity index (χ4n) is 3.58. The van der Waals surface area contributed by atoms with Crippen LogP contribution in [0.15, 0.2) is 47.4 Å². The molecule has 3 rings (SSSR count). The fraction of sp³-hybridized carbons (Fsp3) is 0.478. The Labute approximate surface area is 172 Å². The Hall–Kier alpha value is -2.60. The first kappa shape index (κ1) is 21.1. The number of piperazine rings is 1. The molecule has 0 bridgehead atoms. The molecule has 1 saturated heterocycles. The number of rotatable bonds is 3. The molecule has 1 amide bonds. The first-order valence-electron chi connectivity index (χ1n) is 10.1. The molecule has 1 fully saturated rings. The number of ether oxygens (including phenoxy) is 1. The van der Waals surface area contributed by atoms with Crippen molar-refractivity contribution >= 4 is 6.09 Å². The number of nitrogens with zero attached hydrogens (tertiary/aromatic N) is 2. The lowest BCUT2D eigenvalue weighted by molar-refractivity contribution is -0.0178. The lowest BCUT2D eigenvalue weighted by Gasteiger charge is -2.47. The third-order valence-electron chi connectivity index (χ3n) is 5.17. The van der Waals surface area contributed by atoms with Crippen LogP contribution in [0.1, 0.15) is 40.2 Å². The summed E-state index contributed by atoms with van der Waals surface area (Å²) in [5.74, 6) is 0. The SMILES string of the molecule is CC(C)(C)OC(=O)N1CCN(Cc2c[nH]c(-c3ccccc3)cc2=O)C(C)(C)C1. The number of aromatic amines is 1. The van der Waals surface area contributed by atoms with Crippen molar-refractivity contribution in [3.8, 4) is 11.3 Å². The van der Waals surface area contributed by atoms with Crippen LogP contribution in [0, 0.1) is 0 Å². The first-order valence-corrected chi connectivity index (χ1v) is 10.1. The molecule has 6 nitrogen and oxygen atoms in total. The van der Waals surface area contributed by atoms with Crippen molar-refractivity contribution in [1.82, 2.24) is 14.8 Å². The van der Waals surface area contributed by atoms with E-state index >= 15 is 0 Å². The minimum absolute atomic E-state index is 0.0213. The minimum Gasteiger partial charge on any atom is -0.444 e. The Balaban J connectivity index is 1.70. The summed E-state index contributed by atoms with van der Waals surface area (Å²) in [4.78, 5) is 32.4. The van der Waals surface area contributed by atoms with Crippen LogP contribution in [0.4, 0.5) is 4.79 Å². The zero-order valence-electron chi connectivity index (χ0n) is 18.0. The minimum atomic E-state index is -0.508. The molecule has 2 heterocycles. The van der Waals surface area contributed by atoms with Crippen LogP contribution in [0.3, 0.4) is 0 Å². The number of amides is 1. The summed E-state index contributed by atoms with van der Waals surface area (Å²) in [6, 6.07) is 11.5. The summed E-state index contributed by atoms with van der Waals surface area (Å²) < 4.78 is 5.51. The lowest BCUT2D eigenvalue weighted by atomic mass is 9.98. The van der Waals surface area contributed by atoms with E-state index in [0.717, 1.165) is 16.8 Å². The van der Waals surface area contributed by atoms with Crippen LogP contribution < -0.4 is 5.43 Å². The molecule has 29 heavy (non-hydrogen) atoms. The highest BCUT2D eigenvalue weighted by Gasteiger charge is 2.37. The molecule has 0 radical (unpaired) electrons. The van der Waals surface area contributed by atoms with Crippen LogP contribution in [-0.2, 0) is 11.3 Å². The summed E-state index contributed by atoms with van der Waals surface area (Å²) in [6.45, 7) is 12.2. The second kappa shape index (κ2) is 8.03.